The predicted molar refractivity (Wildman–Crippen MR) is 56.1 cm³/mol. The maximum atomic E-state index is 13.9. The second kappa shape index (κ2) is 3.84. The van der Waals surface area contributed by atoms with Crippen LogP contribution in [0.3, 0.4) is 0 Å². The van der Waals surface area contributed by atoms with Crippen LogP contribution in [0.25, 0.3) is 10.9 Å². The number of rotatable bonds is 3. The molecule has 5 heteroatoms. The van der Waals surface area contributed by atoms with Gasteiger partial charge in [-0.15, -0.1) is 0 Å². The van der Waals surface area contributed by atoms with E-state index in [9.17, 15) is 9.18 Å². The number of H-pyrrole nitrogens is 1. The quantitative estimate of drug-likeness (QED) is 0.835. The molecule has 2 rings (SSSR count). The molecule has 4 nitrogen and oxygen atoms in total. The van der Waals surface area contributed by atoms with Crippen molar-refractivity contribution in [2.45, 2.75) is 6.42 Å². The first-order chi connectivity index (χ1) is 7.63. The van der Waals surface area contributed by atoms with Crippen LogP contribution in [-0.4, -0.2) is 23.2 Å². The minimum atomic E-state index is -0.997. The van der Waals surface area contributed by atoms with E-state index in [0.29, 0.717) is 11.1 Å². The zero-order valence-corrected chi connectivity index (χ0v) is 8.58. The van der Waals surface area contributed by atoms with Gasteiger partial charge in [-0.3, -0.25) is 4.79 Å². The van der Waals surface area contributed by atoms with E-state index in [1.165, 1.54) is 19.4 Å². The second-order valence-corrected chi connectivity index (χ2v) is 3.39. The van der Waals surface area contributed by atoms with Gasteiger partial charge in [0.2, 0.25) is 0 Å². The van der Waals surface area contributed by atoms with Gasteiger partial charge in [0.25, 0.3) is 0 Å². The van der Waals surface area contributed by atoms with Crippen molar-refractivity contribution in [3.63, 3.8) is 0 Å². The zero-order chi connectivity index (χ0) is 11.7. The summed E-state index contributed by atoms with van der Waals surface area (Å²) >= 11 is 0. The summed E-state index contributed by atoms with van der Waals surface area (Å²) in [5.74, 6) is -1.42. The Morgan fingerprint density at radius 2 is 2.31 bits per heavy atom. The van der Waals surface area contributed by atoms with Gasteiger partial charge in [-0.2, -0.15) is 0 Å². The smallest absolute Gasteiger partial charge is 0.307 e. The molecule has 0 unspecified atom stereocenters. The summed E-state index contributed by atoms with van der Waals surface area (Å²) in [7, 11) is 1.37. The summed E-state index contributed by atoms with van der Waals surface area (Å²) in [6.45, 7) is 0. The molecule has 0 aliphatic heterocycles. The third kappa shape index (κ3) is 1.60. The fourth-order valence-electron chi connectivity index (χ4n) is 1.69. The molecule has 1 heterocycles. The first-order valence-electron chi connectivity index (χ1n) is 4.67. The van der Waals surface area contributed by atoms with Crippen LogP contribution in [0.4, 0.5) is 4.39 Å². The molecule has 0 bridgehead atoms. The van der Waals surface area contributed by atoms with Crippen molar-refractivity contribution in [1.82, 2.24) is 4.98 Å². The largest absolute Gasteiger partial charge is 0.494 e. The van der Waals surface area contributed by atoms with Gasteiger partial charge in [-0.25, -0.2) is 4.39 Å². The van der Waals surface area contributed by atoms with Crippen LogP contribution in [0.2, 0.25) is 0 Å². The van der Waals surface area contributed by atoms with E-state index in [1.54, 1.807) is 6.07 Å². The summed E-state index contributed by atoms with van der Waals surface area (Å²) in [5.41, 5.74) is 0.980. The first kappa shape index (κ1) is 10.5. The number of carbonyl (C=O) groups is 1. The number of nitrogens with one attached hydrogen (secondary N) is 1. The molecule has 0 amide bonds. The van der Waals surface area contributed by atoms with E-state index in [1.807, 2.05) is 0 Å². The molecule has 2 N–H and O–H groups in total. The molecule has 1 aromatic carbocycles. The van der Waals surface area contributed by atoms with Crippen LogP contribution in [0.5, 0.6) is 5.75 Å². The van der Waals surface area contributed by atoms with Crippen LogP contribution in [0.1, 0.15) is 5.56 Å². The molecule has 0 saturated heterocycles. The monoisotopic (exact) mass is 223 g/mol. The SMILES string of the molecule is COc1ccc2[nH]cc(CC(=O)O)c2c1F. The van der Waals surface area contributed by atoms with E-state index < -0.39 is 11.8 Å². The van der Waals surface area contributed by atoms with Gasteiger partial charge in [0.15, 0.2) is 11.6 Å². The number of carboxylic acids is 1. The van der Waals surface area contributed by atoms with Gasteiger partial charge in [0.05, 0.1) is 13.5 Å². The molecule has 2 aromatic rings. The molecule has 0 radical (unpaired) electrons. The minimum absolute atomic E-state index is 0.110. The summed E-state index contributed by atoms with van der Waals surface area (Å²) in [4.78, 5) is 13.4. The van der Waals surface area contributed by atoms with E-state index in [0.717, 1.165) is 0 Å². The topological polar surface area (TPSA) is 62.3 Å². The van der Waals surface area contributed by atoms with Gasteiger partial charge in [-0.1, -0.05) is 0 Å². The van der Waals surface area contributed by atoms with Crippen LogP contribution < -0.4 is 4.74 Å². The number of ether oxygens (including phenoxy) is 1. The molecule has 0 fully saturated rings. The predicted octanol–water partition coefficient (Wildman–Crippen LogP) is 1.94. The Morgan fingerprint density at radius 1 is 1.56 bits per heavy atom. The van der Waals surface area contributed by atoms with Gasteiger partial charge in [0.1, 0.15) is 0 Å². The number of methoxy groups -OCH3 is 1. The normalized spacial score (nSPS) is 10.6. The fourth-order valence-corrected chi connectivity index (χ4v) is 1.69. The highest BCUT2D eigenvalue weighted by Gasteiger charge is 2.14. The van der Waals surface area contributed by atoms with E-state index in [4.69, 9.17) is 9.84 Å². The van der Waals surface area contributed by atoms with Crippen molar-refractivity contribution in [2.75, 3.05) is 7.11 Å². The van der Waals surface area contributed by atoms with Crippen molar-refractivity contribution in [1.29, 1.82) is 0 Å². The third-order valence-corrected chi connectivity index (χ3v) is 2.39. The van der Waals surface area contributed by atoms with Crippen molar-refractivity contribution < 1.29 is 19.0 Å². The third-order valence-electron chi connectivity index (χ3n) is 2.39. The van der Waals surface area contributed by atoms with Crippen LogP contribution in [0, 0.1) is 5.82 Å². The Bertz CT molecular complexity index is 547. The van der Waals surface area contributed by atoms with Crippen molar-refractivity contribution in [2.24, 2.45) is 0 Å². The van der Waals surface area contributed by atoms with Crippen LogP contribution in [0.15, 0.2) is 18.3 Å². The van der Waals surface area contributed by atoms with E-state index >= 15 is 0 Å². The maximum Gasteiger partial charge on any atom is 0.307 e. The minimum Gasteiger partial charge on any atom is -0.494 e. The molecule has 0 aliphatic carbocycles. The average Bonchev–Trinajstić information content (AvgIpc) is 2.62. The lowest BCUT2D eigenvalue weighted by Gasteiger charge is -2.03. The van der Waals surface area contributed by atoms with Crippen LogP contribution >= 0.6 is 0 Å². The molecule has 84 valence electrons. The summed E-state index contributed by atoms with van der Waals surface area (Å²) < 4.78 is 18.7. The number of hydrogen-bond acceptors (Lipinski definition) is 2. The first-order valence-corrected chi connectivity index (χ1v) is 4.67. The highest BCUT2D eigenvalue weighted by Crippen LogP contribution is 2.28. The molecule has 0 aliphatic rings. The standard InChI is InChI=1S/C11H10FNO3/c1-16-8-3-2-7-10(11(8)12)6(5-13-7)4-9(14)15/h2-3,5,13H,4H2,1H3,(H,14,15). The van der Waals surface area contributed by atoms with E-state index in [2.05, 4.69) is 4.98 Å². The number of benzene rings is 1. The van der Waals surface area contributed by atoms with Gasteiger partial charge >= 0.3 is 5.97 Å². The fraction of sp³-hybridized carbons (Fsp3) is 0.182. The summed E-state index contributed by atoms with van der Waals surface area (Å²) in [6.07, 6.45) is 1.28. The molecule has 0 atom stereocenters. The summed E-state index contributed by atoms with van der Waals surface area (Å²) in [5, 5.41) is 8.97. The Kier molecular flexibility index (Phi) is 2.52. The highest BCUT2D eigenvalue weighted by atomic mass is 19.1. The Labute approximate surface area is 90.7 Å². The van der Waals surface area contributed by atoms with E-state index in [-0.39, 0.29) is 17.6 Å². The second-order valence-electron chi connectivity index (χ2n) is 3.39. The molecular weight excluding hydrogens is 213 g/mol. The lowest BCUT2D eigenvalue weighted by atomic mass is 10.1. The lowest BCUT2D eigenvalue weighted by Crippen LogP contribution is -2.00. The number of hydrogen-bond donors (Lipinski definition) is 2. The Balaban J connectivity index is 2.63. The van der Waals surface area contributed by atoms with Crippen molar-refractivity contribution >= 4 is 16.9 Å². The maximum absolute atomic E-state index is 13.9. The van der Waals surface area contributed by atoms with Crippen molar-refractivity contribution in [3.05, 3.63) is 29.7 Å². The number of aromatic amines is 1. The molecule has 16 heavy (non-hydrogen) atoms. The van der Waals surface area contributed by atoms with Gasteiger partial charge in [-0.05, 0) is 17.7 Å². The average molecular weight is 223 g/mol. The zero-order valence-electron chi connectivity index (χ0n) is 8.58. The number of aliphatic carboxylic acids is 1. The number of aromatic nitrogens is 1. The number of halogens is 1. The van der Waals surface area contributed by atoms with Gasteiger partial charge in [0, 0.05) is 17.1 Å². The molecule has 0 spiro atoms. The molecule has 1 aromatic heterocycles. The summed E-state index contributed by atoms with van der Waals surface area (Å²) in [6, 6.07) is 3.15. The molecular formula is C11H10FNO3. The van der Waals surface area contributed by atoms with Gasteiger partial charge < -0.3 is 14.8 Å². The van der Waals surface area contributed by atoms with Crippen LogP contribution in [-0.2, 0) is 11.2 Å². The Morgan fingerprint density at radius 3 is 2.94 bits per heavy atom. The highest BCUT2D eigenvalue weighted by molar-refractivity contribution is 5.88. The van der Waals surface area contributed by atoms with Crippen molar-refractivity contribution in [3.8, 4) is 5.75 Å². The number of fused-ring (bicyclic) bond motifs is 1. The lowest BCUT2D eigenvalue weighted by molar-refractivity contribution is -0.136. The number of carboxylic acid groups (broad SMARTS) is 1. The Hall–Kier alpha value is -2.04. The molecule has 0 saturated carbocycles.